The highest BCUT2D eigenvalue weighted by atomic mass is 16.5. The lowest BCUT2D eigenvalue weighted by Gasteiger charge is -2.37. The molecule has 2 saturated carbocycles. The molecule has 2 rings (SSSR count). The number of likely N-dealkylation sites (N-methyl/N-ethyl adjacent to an activating group) is 1. The maximum absolute atomic E-state index is 12.7. The van der Waals surface area contributed by atoms with Crippen LogP contribution in [0.25, 0.3) is 0 Å². The lowest BCUT2D eigenvalue weighted by atomic mass is 9.91. The first-order valence-electron chi connectivity index (χ1n) is 8.83. The van der Waals surface area contributed by atoms with Crippen LogP contribution in [0.1, 0.15) is 59.3 Å². The number of carbonyl (C=O) groups excluding carboxylic acids is 1. The van der Waals surface area contributed by atoms with Crippen molar-refractivity contribution in [1.82, 2.24) is 10.2 Å². The van der Waals surface area contributed by atoms with Crippen LogP contribution >= 0.6 is 0 Å². The van der Waals surface area contributed by atoms with Crippen molar-refractivity contribution in [1.29, 1.82) is 0 Å². The molecule has 0 spiro atoms. The van der Waals surface area contributed by atoms with Crippen LogP contribution in [-0.2, 0) is 9.53 Å². The quantitative estimate of drug-likeness (QED) is 0.595. The van der Waals surface area contributed by atoms with Gasteiger partial charge >= 0.3 is 5.97 Å². The van der Waals surface area contributed by atoms with Crippen molar-refractivity contribution >= 4 is 5.97 Å². The number of esters is 1. The summed E-state index contributed by atoms with van der Waals surface area (Å²) in [6.07, 6.45) is 7.11. The Kier molecular flexibility index (Phi) is 6.06. The molecule has 1 atom stereocenters. The summed E-state index contributed by atoms with van der Waals surface area (Å²) in [6, 6.07) is 0.528. The molecule has 0 heterocycles. The minimum Gasteiger partial charge on any atom is -0.465 e. The van der Waals surface area contributed by atoms with Gasteiger partial charge in [-0.1, -0.05) is 20.3 Å². The van der Waals surface area contributed by atoms with E-state index >= 15 is 0 Å². The summed E-state index contributed by atoms with van der Waals surface area (Å²) in [6.45, 7) is 9.67. The molecule has 1 N–H and O–H groups in total. The number of hydrogen-bond acceptors (Lipinski definition) is 4. The molecule has 122 valence electrons. The minimum atomic E-state index is -0.457. The van der Waals surface area contributed by atoms with Gasteiger partial charge in [0.1, 0.15) is 5.54 Å². The Labute approximate surface area is 129 Å². The van der Waals surface area contributed by atoms with Gasteiger partial charge in [-0.05, 0) is 58.0 Å². The molecular formula is C17H32N2O2. The lowest BCUT2D eigenvalue weighted by Crippen LogP contribution is -2.62. The molecule has 4 heteroatoms. The number of unbranched alkanes of at least 4 members (excludes halogenated alkanes) is 1. The van der Waals surface area contributed by atoms with E-state index in [-0.39, 0.29) is 5.97 Å². The van der Waals surface area contributed by atoms with E-state index in [0.717, 1.165) is 32.5 Å². The van der Waals surface area contributed by atoms with Gasteiger partial charge in [0.05, 0.1) is 6.61 Å². The molecule has 2 fully saturated rings. The van der Waals surface area contributed by atoms with Gasteiger partial charge < -0.3 is 9.64 Å². The van der Waals surface area contributed by atoms with E-state index in [0.29, 0.717) is 18.6 Å². The Bertz CT molecular complexity index is 340. The molecule has 0 saturated heterocycles. The fourth-order valence-electron chi connectivity index (χ4n) is 3.09. The van der Waals surface area contributed by atoms with Gasteiger partial charge in [-0.15, -0.1) is 0 Å². The van der Waals surface area contributed by atoms with Crippen LogP contribution < -0.4 is 5.32 Å². The van der Waals surface area contributed by atoms with E-state index in [1.807, 2.05) is 6.92 Å². The molecule has 0 aromatic carbocycles. The summed E-state index contributed by atoms with van der Waals surface area (Å²) in [5.74, 6) is 0.446. The monoisotopic (exact) mass is 296 g/mol. The average molecular weight is 296 g/mol. The van der Waals surface area contributed by atoms with Crippen LogP contribution in [0.4, 0.5) is 0 Å². The van der Waals surface area contributed by atoms with Crippen molar-refractivity contribution in [3.8, 4) is 0 Å². The van der Waals surface area contributed by atoms with Crippen molar-refractivity contribution in [3.63, 3.8) is 0 Å². The van der Waals surface area contributed by atoms with E-state index in [1.165, 1.54) is 25.7 Å². The highest BCUT2D eigenvalue weighted by Gasteiger charge is 2.54. The Balaban J connectivity index is 2.09. The standard InChI is InChI=1S/C17H32N2O2/c1-4-7-12-19(5-2)13-17(14-8-9-14,16(20)21-6-3)18-15-10-11-15/h14-15,18H,4-13H2,1-3H3. The number of carbonyl (C=O) groups is 1. The maximum Gasteiger partial charge on any atom is 0.327 e. The number of nitrogens with one attached hydrogen (secondary N) is 1. The van der Waals surface area contributed by atoms with E-state index in [2.05, 4.69) is 24.1 Å². The van der Waals surface area contributed by atoms with Gasteiger partial charge in [0, 0.05) is 12.6 Å². The second-order valence-corrected chi connectivity index (χ2v) is 6.61. The SMILES string of the molecule is CCCCN(CC)CC(NC1CC1)(C(=O)OCC)C1CC1. The molecule has 1 unspecified atom stereocenters. The highest BCUT2D eigenvalue weighted by molar-refractivity contribution is 5.82. The summed E-state index contributed by atoms with van der Waals surface area (Å²) in [5, 5.41) is 3.68. The van der Waals surface area contributed by atoms with Crippen LogP contribution in [0.5, 0.6) is 0 Å². The van der Waals surface area contributed by atoms with Crippen LogP contribution in [0.2, 0.25) is 0 Å². The predicted molar refractivity (Wildman–Crippen MR) is 85.3 cm³/mol. The molecule has 0 aliphatic heterocycles. The summed E-state index contributed by atoms with van der Waals surface area (Å²) in [4.78, 5) is 15.1. The third-order valence-electron chi connectivity index (χ3n) is 4.70. The Hall–Kier alpha value is -0.610. The van der Waals surface area contributed by atoms with Crippen molar-refractivity contribution in [3.05, 3.63) is 0 Å². The van der Waals surface area contributed by atoms with Gasteiger partial charge in [0.25, 0.3) is 0 Å². The first kappa shape index (κ1) is 16.8. The zero-order valence-electron chi connectivity index (χ0n) is 14.0. The first-order chi connectivity index (χ1) is 10.2. The van der Waals surface area contributed by atoms with Gasteiger partial charge in [0.15, 0.2) is 0 Å². The number of ether oxygens (including phenoxy) is 1. The van der Waals surface area contributed by atoms with Gasteiger partial charge in [0.2, 0.25) is 0 Å². The van der Waals surface area contributed by atoms with Crippen molar-refractivity contribution in [2.75, 3.05) is 26.2 Å². The Morgan fingerprint density at radius 2 is 1.95 bits per heavy atom. The molecule has 4 nitrogen and oxygen atoms in total. The fourth-order valence-corrected chi connectivity index (χ4v) is 3.09. The predicted octanol–water partition coefficient (Wildman–Crippen LogP) is 2.57. The number of hydrogen-bond donors (Lipinski definition) is 1. The second-order valence-electron chi connectivity index (χ2n) is 6.61. The first-order valence-corrected chi connectivity index (χ1v) is 8.83. The highest BCUT2D eigenvalue weighted by Crippen LogP contribution is 2.43. The Morgan fingerprint density at radius 3 is 2.43 bits per heavy atom. The fraction of sp³-hybridized carbons (Fsp3) is 0.941. The van der Waals surface area contributed by atoms with Crippen molar-refractivity contribution in [2.45, 2.75) is 70.9 Å². The number of rotatable bonds is 11. The molecule has 2 aliphatic carbocycles. The normalized spacial score (nSPS) is 21.3. The van der Waals surface area contributed by atoms with Crippen molar-refractivity contribution < 1.29 is 9.53 Å². The lowest BCUT2D eigenvalue weighted by molar-refractivity contribution is -0.153. The minimum absolute atomic E-state index is 0.0191. The molecule has 0 aromatic rings. The molecule has 2 aliphatic rings. The third kappa shape index (κ3) is 4.43. The Morgan fingerprint density at radius 1 is 1.24 bits per heavy atom. The van der Waals surface area contributed by atoms with Crippen LogP contribution in [-0.4, -0.2) is 48.7 Å². The summed E-state index contributed by atoms with van der Waals surface area (Å²) in [5.41, 5.74) is -0.457. The largest absolute Gasteiger partial charge is 0.465 e. The van der Waals surface area contributed by atoms with Gasteiger partial charge in [-0.25, -0.2) is 4.79 Å². The second kappa shape index (κ2) is 7.59. The third-order valence-corrected chi connectivity index (χ3v) is 4.70. The molecule has 21 heavy (non-hydrogen) atoms. The summed E-state index contributed by atoms with van der Waals surface area (Å²) >= 11 is 0. The van der Waals surface area contributed by atoms with Crippen LogP contribution in [0, 0.1) is 5.92 Å². The average Bonchev–Trinajstić information content (AvgIpc) is 3.35. The molecular weight excluding hydrogens is 264 g/mol. The topological polar surface area (TPSA) is 41.6 Å². The smallest absolute Gasteiger partial charge is 0.327 e. The van der Waals surface area contributed by atoms with Gasteiger partial charge in [-0.3, -0.25) is 5.32 Å². The number of nitrogens with zero attached hydrogens (tertiary/aromatic N) is 1. The molecule has 0 bridgehead atoms. The summed E-state index contributed by atoms with van der Waals surface area (Å²) < 4.78 is 5.46. The van der Waals surface area contributed by atoms with Gasteiger partial charge in [-0.2, -0.15) is 0 Å². The molecule has 0 amide bonds. The van der Waals surface area contributed by atoms with Crippen LogP contribution in [0.3, 0.4) is 0 Å². The molecule has 0 aromatic heterocycles. The molecule has 0 radical (unpaired) electrons. The van der Waals surface area contributed by atoms with E-state index in [4.69, 9.17) is 4.74 Å². The van der Waals surface area contributed by atoms with E-state index in [9.17, 15) is 4.79 Å². The zero-order valence-corrected chi connectivity index (χ0v) is 14.0. The van der Waals surface area contributed by atoms with Crippen LogP contribution in [0.15, 0.2) is 0 Å². The van der Waals surface area contributed by atoms with E-state index in [1.54, 1.807) is 0 Å². The van der Waals surface area contributed by atoms with Crippen molar-refractivity contribution in [2.24, 2.45) is 5.92 Å². The zero-order chi connectivity index (χ0) is 15.3. The van der Waals surface area contributed by atoms with E-state index < -0.39 is 5.54 Å². The summed E-state index contributed by atoms with van der Waals surface area (Å²) in [7, 11) is 0. The maximum atomic E-state index is 12.7.